The molecule has 4 heteroatoms. The standard InChI is InChI=1S/C6H4.C5H8N4/c1-2-6-4-3-5(1)6;1-4-2-3-7-5(8-4)9-6/h1-4H;2-3H,6H2,1H3,(H,7,8,9). The average Bonchev–Trinajstić information content (AvgIpc) is 2.24. The zero-order valence-electron chi connectivity index (χ0n) is 8.44. The molecule has 2 aliphatic carbocycles. The van der Waals surface area contributed by atoms with Gasteiger partial charge in [0.25, 0.3) is 0 Å². The Morgan fingerprint density at radius 1 is 1.07 bits per heavy atom. The molecular weight excluding hydrogens is 188 g/mol. The van der Waals surface area contributed by atoms with Crippen LogP contribution in [0.25, 0.3) is 11.1 Å². The number of hydrogen-bond acceptors (Lipinski definition) is 4. The Bertz CT molecular complexity index is 429. The molecule has 0 unspecified atom stereocenters. The minimum atomic E-state index is 0.454. The minimum absolute atomic E-state index is 0.454. The normalized spacial score (nSPS) is 10.0. The lowest BCUT2D eigenvalue weighted by molar-refractivity contribution is 1.07. The highest BCUT2D eigenvalue weighted by Crippen LogP contribution is 2.29. The molecule has 0 amide bonds. The molecule has 1 aromatic heterocycles. The first-order valence-electron chi connectivity index (χ1n) is 4.66. The number of nitrogens with two attached hydrogens (primary N) is 1. The number of aromatic nitrogens is 2. The summed E-state index contributed by atoms with van der Waals surface area (Å²) in [4.78, 5) is 7.76. The highest BCUT2D eigenvalue weighted by atomic mass is 15.3. The van der Waals surface area contributed by atoms with Gasteiger partial charge in [0.05, 0.1) is 0 Å². The van der Waals surface area contributed by atoms with E-state index in [-0.39, 0.29) is 0 Å². The predicted octanol–water partition coefficient (Wildman–Crippen LogP) is 1.74. The van der Waals surface area contributed by atoms with Crippen molar-refractivity contribution in [2.24, 2.45) is 5.84 Å². The van der Waals surface area contributed by atoms with E-state index in [1.165, 1.54) is 11.1 Å². The second-order valence-electron chi connectivity index (χ2n) is 3.24. The van der Waals surface area contributed by atoms with Crippen LogP contribution in [0.5, 0.6) is 0 Å². The van der Waals surface area contributed by atoms with Crippen molar-refractivity contribution in [2.75, 3.05) is 5.43 Å². The molecule has 0 fully saturated rings. The Kier molecular flexibility index (Phi) is 2.60. The van der Waals surface area contributed by atoms with Gasteiger partial charge in [-0.2, -0.15) is 0 Å². The molecular formula is C11H12N4. The maximum atomic E-state index is 5.04. The van der Waals surface area contributed by atoms with Gasteiger partial charge < -0.3 is 0 Å². The number of aryl methyl sites for hydroxylation is 1. The highest BCUT2D eigenvalue weighted by molar-refractivity contribution is 5.75. The van der Waals surface area contributed by atoms with Gasteiger partial charge in [0, 0.05) is 11.9 Å². The fourth-order valence-electron chi connectivity index (χ4n) is 1.18. The molecule has 0 saturated heterocycles. The summed E-state index contributed by atoms with van der Waals surface area (Å²) in [6, 6.07) is 10.3. The number of nitrogen functional groups attached to an aromatic ring is 1. The molecule has 0 radical (unpaired) electrons. The summed E-state index contributed by atoms with van der Waals surface area (Å²) >= 11 is 0. The Hall–Kier alpha value is -1.94. The van der Waals surface area contributed by atoms with E-state index in [2.05, 4.69) is 39.7 Å². The number of anilines is 1. The summed E-state index contributed by atoms with van der Waals surface area (Å²) in [7, 11) is 0. The Morgan fingerprint density at radius 2 is 1.67 bits per heavy atom. The van der Waals surface area contributed by atoms with Crippen LogP contribution in [0.2, 0.25) is 0 Å². The monoisotopic (exact) mass is 200 g/mol. The SMILES string of the molecule is Cc1ccnc(NN)n1.c1cc2ccc1-2. The summed E-state index contributed by atoms with van der Waals surface area (Å²) in [6.45, 7) is 1.88. The van der Waals surface area contributed by atoms with Crippen LogP contribution in [-0.2, 0) is 0 Å². The van der Waals surface area contributed by atoms with Gasteiger partial charge >= 0.3 is 0 Å². The molecule has 0 spiro atoms. The van der Waals surface area contributed by atoms with E-state index < -0.39 is 0 Å². The van der Waals surface area contributed by atoms with Gasteiger partial charge in [0.2, 0.25) is 5.95 Å². The second kappa shape index (κ2) is 4.06. The van der Waals surface area contributed by atoms with E-state index in [9.17, 15) is 0 Å². The summed E-state index contributed by atoms with van der Waals surface area (Å²) in [5, 5.41) is 0. The highest BCUT2D eigenvalue weighted by Gasteiger charge is 2.03. The first-order valence-corrected chi connectivity index (χ1v) is 4.66. The number of benzene rings is 1. The second-order valence-corrected chi connectivity index (χ2v) is 3.24. The molecule has 1 aromatic rings. The maximum absolute atomic E-state index is 5.04. The van der Waals surface area contributed by atoms with Crippen LogP contribution in [0.15, 0.2) is 36.5 Å². The molecule has 0 aromatic carbocycles. The number of nitrogens with one attached hydrogen (secondary N) is 1. The van der Waals surface area contributed by atoms with E-state index in [4.69, 9.17) is 5.84 Å². The van der Waals surface area contributed by atoms with Gasteiger partial charge in [-0.15, -0.1) is 0 Å². The van der Waals surface area contributed by atoms with Crippen LogP contribution < -0.4 is 11.3 Å². The van der Waals surface area contributed by atoms with Gasteiger partial charge in [-0.05, 0) is 24.1 Å². The lowest BCUT2D eigenvalue weighted by Gasteiger charge is -2.10. The molecule has 3 rings (SSSR count). The van der Waals surface area contributed by atoms with Gasteiger partial charge in [-0.3, -0.25) is 5.43 Å². The van der Waals surface area contributed by atoms with Crippen LogP contribution in [0.1, 0.15) is 5.69 Å². The fourth-order valence-corrected chi connectivity index (χ4v) is 1.18. The van der Waals surface area contributed by atoms with Crippen LogP contribution in [-0.4, -0.2) is 9.97 Å². The number of nitrogens with zero attached hydrogens (tertiary/aromatic N) is 2. The van der Waals surface area contributed by atoms with Gasteiger partial charge in [0.1, 0.15) is 0 Å². The molecule has 0 bridgehead atoms. The van der Waals surface area contributed by atoms with E-state index in [1.54, 1.807) is 12.3 Å². The van der Waals surface area contributed by atoms with Crippen molar-refractivity contribution in [1.29, 1.82) is 0 Å². The summed E-state index contributed by atoms with van der Waals surface area (Å²) < 4.78 is 0. The van der Waals surface area contributed by atoms with Crippen molar-refractivity contribution in [3.05, 3.63) is 42.2 Å². The molecule has 4 nitrogen and oxygen atoms in total. The van der Waals surface area contributed by atoms with Gasteiger partial charge in [-0.1, -0.05) is 24.3 Å². The van der Waals surface area contributed by atoms with Crippen molar-refractivity contribution >= 4 is 5.95 Å². The van der Waals surface area contributed by atoms with E-state index in [1.807, 2.05) is 6.92 Å². The van der Waals surface area contributed by atoms with Crippen molar-refractivity contribution < 1.29 is 0 Å². The summed E-state index contributed by atoms with van der Waals surface area (Å²) in [6.07, 6.45) is 1.65. The first-order chi connectivity index (χ1) is 7.29. The van der Waals surface area contributed by atoms with E-state index in [0.717, 1.165) is 5.69 Å². The zero-order chi connectivity index (χ0) is 10.7. The van der Waals surface area contributed by atoms with Gasteiger partial charge in [0.15, 0.2) is 0 Å². The third kappa shape index (κ3) is 2.11. The lowest BCUT2D eigenvalue weighted by atomic mass is 9.95. The number of hydrogen-bond donors (Lipinski definition) is 2. The fraction of sp³-hybridized carbons (Fsp3) is 0.0909. The van der Waals surface area contributed by atoms with Crippen molar-refractivity contribution in [3.8, 4) is 11.1 Å². The Labute approximate surface area is 88.2 Å². The third-order valence-electron chi connectivity index (χ3n) is 2.14. The van der Waals surface area contributed by atoms with Crippen molar-refractivity contribution in [3.63, 3.8) is 0 Å². The van der Waals surface area contributed by atoms with Crippen LogP contribution in [0.4, 0.5) is 5.95 Å². The van der Waals surface area contributed by atoms with E-state index >= 15 is 0 Å². The minimum Gasteiger partial charge on any atom is -0.292 e. The molecule has 15 heavy (non-hydrogen) atoms. The zero-order valence-corrected chi connectivity index (χ0v) is 8.44. The average molecular weight is 200 g/mol. The molecule has 0 atom stereocenters. The summed E-state index contributed by atoms with van der Waals surface area (Å²) in [5.41, 5.74) is 6.10. The smallest absolute Gasteiger partial charge is 0.237 e. The number of fused-ring (bicyclic) bond motifs is 1. The topological polar surface area (TPSA) is 63.8 Å². The molecule has 0 aliphatic heterocycles. The van der Waals surface area contributed by atoms with Crippen LogP contribution >= 0.6 is 0 Å². The van der Waals surface area contributed by atoms with Crippen LogP contribution in [0, 0.1) is 6.92 Å². The lowest BCUT2D eigenvalue weighted by Crippen LogP contribution is -2.10. The van der Waals surface area contributed by atoms with E-state index in [0.29, 0.717) is 5.95 Å². The molecule has 0 saturated carbocycles. The first kappa shape index (κ1) is 9.61. The quantitative estimate of drug-likeness (QED) is 0.464. The largest absolute Gasteiger partial charge is 0.292 e. The molecule has 76 valence electrons. The molecule has 2 aliphatic rings. The molecule has 1 heterocycles. The Morgan fingerprint density at radius 3 is 1.93 bits per heavy atom. The molecule has 3 N–H and O–H groups in total. The predicted molar refractivity (Wildman–Crippen MR) is 60.0 cm³/mol. The Balaban J connectivity index is 0.000000121. The van der Waals surface area contributed by atoms with Gasteiger partial charge in [-0.25, -0.2) is 15.8 Å². The number of rotatable bonds is 1. The maximum Gasteiger partial charge on any atom is 0.237 e. The van der Waals surface area contributed by atoms with Crippen LogP contribution in [0.3, 0.4) is 0 Å². The third-order valence-corrected chi connectivity index (χ3v) is 2.14. The van der Waals surface area contributed by atoms with Crippen molar-refractivity contribution in [1.82, 2.24) is 9.97 Å². The number of hydrazine groups is 1. The summed E-state index contributed by atoms with van der Waals surface area (Å²) in [5.74, 6) is 5.50. The van der Waals surface area contributed by atoms with Crippen molar-refractivity contribution in [2.45, 2.75) is 6.92 Å².